The van der Waals surface area contributed by atoms with Crippen LogP contribution in [-0.2, 0) is 4.79 Å². The molecular formula is C16H20Cl2N2O2. The minimum Gasteiger partial charge on any atom is -0.489 e. The second-order valence-corrected chi connectivity index (χ2v) is 6.69. The Labute approximate surface area is 140 Å². The number of para-hydroxylation sites is 1. The lowest BCUT2D eigenvalue weighted by Crippen LogP contribution is -2.45. The number of carbonyl (C=O) groups is 1. The molecule has 120 valence electrons. The van der Waals surface area contributed by atoms with Gasteiger partial charge in [-0.15, -0.1) is 0 Å². The summed E-state index contributed by atoms with van der Waals surface area (Å²) in [6.07, 6.45) is 4.21. The quantitative estimate of drug-likeness (QED) is 0.863. The zero-order valence-corrected chi connectivity index (χ0v) is 13.9. The second-order valence-electron chi connectivity index (χ2n) is 5.88. The van der Waals surface area contributed by atoms with Gasteiger partial charge >= 0.3 is 0 Å². The molecule has 1 saturated carbocycles. The Kier molecular flexibility index (Phi) is 5.11. The summed E-state index contributed by atoms with van der Waals surface area (Å²) >= 11 is 12.2. The van der Waals surface area contributed by atoms with E-state index in [1.807, 2.05) is 0 Å². The maximum atomic E-state index is 12.2. The first kappa shape index (κ1) is 15.9. The van der Waals surface area contributed by atoms with E-state index >= 15 is 0 Å². The van der Waals surface area contributed by atoms with Gasteiger partial charge in [-0.3, -0.25) is 9.69 Å². The van der Waals surface area contributed by atoms with Gasteiger partial charge in [0.2, 0.25) is 5.91 Å². The molecule has 1 unspecified atom stereocenters. The molecule has 1 N–H and O–H groups in total. The number of hydrogen-bond donors (Lipinski definition) is 1. The molecule has 2 aliphatic rings. The average molecular weight is 343 g/mol. The van der Waals surface area contributed by atoms with Crippen LogP contribution in [0.2, 0.25) is 10.0 Å². The third-order valence-corrected chi connectivity index (χ3v) is 4.73. The Morgan fingerprint density at radius 3 is 2.68 bits per heavy atom. The molecule has 1 aliphatic carbocycles. The van der Waals surface area contributed by atoms with Gasteiger partial charge in [0.05, 0.1) is 16.1 Å². The third-order valence-electron chi connectivity index (χ3n) is 4.13. The zero-order valence-electron chi connectivity index (χ0n) is 12.4. The van der Waals surface area contributed by atoms with Crippen molar-refractivity contribution >= 4 is 29.1 Å². The summed E-state index contributed by atoms with van der Waals surface area (Å²) in [4.78, 5) is 14.4. The number of benzene rings is 1. The first-order valence-electron chi connectivity index (χ1n) is 7.76. The number of halogens is 2. The van der Waals surface area contributed by atoms with Gasteiger partial charge < -0.3 is 10.1 Å². The van der Waals surface area contributed by atoms with Crippen LogP contribution >= 0.6 is 23.2 Å². The van der Waals surface area contributed by atoms with Crippen LogP contribution in [0.4, 0.5) is 0 Å². The smallest absolute Gasteiger partial charge is 0.237 e. The lowest BCUT2D eigenvalue weighted by Gasteiger charge is -2.23. The van der Waals surface area contributed by atoms with E-state index in [1.165, 1.54) is 0 Å². The summed E-state index contributed by atoms with van der Waals surface area (Å²) < 4.78 is 5.71. The Hall–Kier alpha value is -0.970. The van der Waals surface area contributed by atoms with Crippen LogP contribution in [-0.4, -0.2) is 42.6 Å². The molecule has 1 aliphatic heterocycles. The molecule has 1 aromatic rings. The molecule has 22 heavy (non-hydrogen) atoms. The standard InChI is InChI=1S/C16H20Cl2N2O2/c17-12-3-1-4-13(18)15(12)22-10-9-20-8-2-5-14(20)16(21)19-11-6-7-11/h1,3-4,11,14H,2,5-10H2,(H,19,21). The van der Waals surface area contributed by atoms with Crippen LogP contribution in [0.5, 0.6) is 5.75 Å². The molecule has 1 amide bonds. The van der Waals surface area contributed by atoms with Crippen LogP contribution in [0.1, 0.15) is 25.7 Å². The van der Waals surface area contributed by atoms with Crippen molar-refractivity contribution in [2.24, 2.45) is 0 Å². The first-order valence-corrected chi connectivity index (χ1v) is 8.52. The molecule has 0 radical (unpaired) electrons. The molecule has 1 heterocycles. The lowest BCUT2D eigenvalue weighted by atomic mass is 10.2. The number of likely N-dealkylation sites (tertiary alicyclic amines) is 1. The van der Waals surface area contributed by atoms with Gasteiger partial charge in [-0.05, 0) is 44.4 Å². The highest BCUT2D eigenvalue weighted by Crippen LogP contribution is 2.32. The fourth-order valence-electron chi connectivity index (χ4n) is 2.80. The first-order chi connectivity index (χ1) is 10.6. The SMILES string of the molecule is O=C(NC1CC1)C1CCCN1CCOc1c(Cl)cccc1Cl. The molecule has 4 nitrogen and oxygen atoms in total. The second kappa shape index (κ2) is 7.07. The molecule has 1 saturated heterocycles. The molecule has 0 aromatic heterocycles. The normalized spacial score (nSPS) is 21.8. The van der Waals surface area contributed by atoms with Gasteiger partial charge in [-0.2, -0.15) is 0 Å². The van der Waals surface area contributed by atoms with Gasteiger partial charge in [-0.25, -0.2) is 0 Å². The third kappa shape index (κ3) is 3.86. The largest absolute Gasteiger partial charge is 0.489 e. The molecule has 6 heteroatoms. The van der Waals surface area contributed by atoms with Crippen molar-refractivity contribution in [1.29, 1.82) is 0 Å². The maximum absolute atomic E-state index is 12.2. The number of rotatable bonds is 6. The summed E-state index contributed by atoms with van der Waals surface area (Å²) in [5, 5.41) is 4.11. The summed E-state index contributed by atoms with van der Waals surface area (Å²) in [5.41, 5.74) is 0. The molecule has 3 rings (SSSR count). The van der Waals surface area contributed by atoms with E-state index in [9.17, 15) is 4.79 Å². The number of hydrogen-bond acceptors (Lipinski definition) is 3. The number of amides is 1. The number of carbonyl (C=O) groups excluding carboxylic acids is 1. The van der Waals surface area contributed by atoms with Gasteiger partial charge in [-0.1, -0.05) is 29.3 Å². The van der Waals surface area contributed by atoms with Crippen molar-refractivity contribution in [1.82, 2.24) is 10.2 Å². The van der Waals surface area contributed by atoms with Crippen LogP contribution in [0.3, 0.4) is 0 Å². The van der Waals surface area contributed by atoms with Crippen LogP contribution in [0, 0.1) is 0 Å². The number of ether oxygens (including phenoxy) is 1. The summed E-state index contributed by atoms with van der Waals surface area (Å²) in [5.74, 6) is 0.680. The molecular weight excluding hydrogens is 323 g/mol. The Balaban J connectivity index is 1.50. The predicted molar refractivity (Wildman–Crippen MR) is 87.7 cm³/mol. The van der Waals surface area contributed by atoms with E-state index in [1.54, 1.807) is 18.2 Å². The van der Waals surface area contributed by atoms with Gasteiger partial charge in [0.25, 0.3) is 0 Å². The van der Waals surface area contributed by atoms with Gasteiger partial charge in [0, 0.05) is 12.6 Å². The predicted octanol–water partition coefficient (Wildman–Crippen LogP) is 3.12. The summed E-state index contributed by atoms with van der Waals surface area (Å²) in [6.45, 7) is 2.10. The van der Waals surface area contributed by atoms with E-state index in [4.69, 9.17) is 27.9 Å². The molecule has 2 fully saturated rings. The highest BCUT2D eigenvalue weighted by molar-refractivity contribution is 6.37. The number of nitrogens with zero attached hydrogens (tertiary/aromatic N) is 1. The van der Waals surface area contributed by atoms with Crippen molar-refractivity contribution < 1.29 is 9.53 Å². The van der Waals surface area contributed by atoms with Crippen molar-refractivity contribution in [3.05, 3.63) is 28.2 Å². The fraction of sp³-hybridized carbons (Fsp3) is 0.562. The van der Waals surface area contributed by atoms with E-state index in [0.29, 0.717) is 35.0 Å². The Morgan fingerprint density at radius 2 is 2.00 bits per heavy atom. The molecule has 1 aromatic carbocycles. The van der Waals surface area contributed by atoms with Crippen molar-refractivity contribution in [2.45, 2.75) is 37.8 Å². The fourth-order valence-corrected chi connectivity index (χ4v) is 3.31. The van der Waals surface area contributed by atoms with E-state index in [-0.39, 0.29) is 11.9 Å². The summed E-state index contributed by atoms with van der Waals surface area (Å²) in [7, 11) is 0. The van der Waals surface area contributed by atoms with Gasteiger partial charge in [0.1, 0.15) is 6.61 Å². The van der Waals surface area contributed by atoms with Crippen LogP contribution in [0.15, 0.2) is 18.2 Å². The highest BCUT2D eigenvalue weighted by Gasteiger charge is 2.33. The zero-order chi connectivity index (χ0) is 15.5. The van der Waals surface area contributed by atoms with E-state index in [0.717, 1.165) is 32.2 Å². The van der Waals surface area contributed by atoms with Crippen molar-refractivity contribution in [3.63, 3.8) is 0 Å². The van der Waals surface area contributed by atoms with Crippen LogP contribution in [0.25, 0.3) is 0 Å². The Morgan fingerprint density at radius 1 is 1.27 bits per heavy atom. The molecule has 0 bridgehead atoms. The van der Waals surface area contributed by atoms with Crippen LogP contribution < -0.4 is 10.1 Å². The maximum Gasteiger partial charge on any atom is 0.237 e. The lowest BCUT2D eigenvalue weighted by molar-refractivity contribution is -0.125. The minimum atomic E-state index is -0.0223. The number of nitrogens with one attached hydrogen (secondary N) is 1. The monoisotopic (exact) mass is 342 g/mol. The van der Waals surface area contributed by atoms with E-state index in [2.05, 4.69) is 10.2 Å². The topological polar surface area (TPSA) is 41.6 Å². The van der Waals surface area contributed by atoms with Crippen molar-refractivity contribution in [3.8, 4) is 5.75 Å². The summed E-state index contributed by atoms with van der Waals surface area (Å²) in [6, 6.07) is 5.68. The van der Waals surface area contributed by atoms with Crippen molar-refractivity contribution in [2.75, 3.05) is 19.7 Å². The Bertz CT molecular complexity index is 529. The average Bonchev–Trinajstić information content (AvgIpc) is 3.17. The minimum absolute atomic E-state index is 0.0223. The molecule has 0 spiro atoms. The highest BCUT2D eigenvalue weighted by atomic mass is 35.5. The van der Waals surface area contributed by atoms with Gasteiger partial charge in [0.15, 0.2) is 5.75 Å². The van der Waals surface area contributed by atoms with E-state index < -0.39 is 0 Å². The molecule has 1 atom stereocenters.